The van der Waals surface area contributed by atoms with Gasteiger partial charge in [0.15, 0.2) is 24.1 Å². The van der Waals surface area contributed by atoms with Gasteiger partial charge in [-0.25, -0.2) is 13.8 Å². The Kier molecular flexibility index (Phi) is 4.56. The number of hydrogen-bond acceptors (Lipinski definition) is 4. The van der Waals surface area contributed by atoms with Gasteiger partial charge in [0.25, 0.3) is 5.91 Å². The molecule has 2 unspecified atom stereocenters. The molecule has 0 radical (unpaired) electrons. The molecule has 124 valence electrons. The van der Waals surface area contributed by atoms with E-state index >= 15 is 0 Å². The number of aliphatic imine (C=N–C) groups is 1. The fourth-order valence-electron chi connectivity index (χ4n) is 2.87. The van der Waals surface area contributed by atoms with Crippen LogP contribution in [-0.2, 0) is 16.0 Å². The van der Waals surface area contributed by atoms with Crippen molar-refractivity contribution in [2.24, 2.45) is 4.99 Å². The Morgan fingerprint density at radius 1 is 1.30 bits per heavy atom. The van der Waals surface area contributed by atoms with Crippen LogP contribution >= 0.6 is 0 Å². The summed E-state index contributed by atoms with van der Waals surface area (Å²) in [5.74, 6) is -1.91. The van der Waals surface area contributed by atoms with Crippen LogP contribution in [0.5, 0.6) is 0 Å². The lowest BCUT2D eigenvalue weighted by molar-refractivity contribution is -0.135. The van der Waals surface area contributed by atoms with Crippen molar-refractivity contribution in [3.05, 3.63) is 35.4 Å². The van der Waals surface area contributed by atoms with Gasteiger partial charge in [-0.1, -0.05) is 12.1 Å². The second-order valence-electron chi connectivity index (χ2n) is 5.92. The zero-order chi connectivity index (χ0) is 16.4. The Bertz CT molecular complexity index is 615. The summed E-state index contributed by atoms with van der Waals surface area (Å²) in [5, 5.41) is 0. The van der Waals surface area contributed by atoms with E-state index in [9.17, 15) is 13.6 Å². The molecule has 1 fully saturated rings. The first-order valence-corrected chi connectivity index (χ1v) is 7.63. The van der Waals surface area contributed by atoms with Gasteiger partial charge < -0.3 is 14.5 Å². The minimum Gasteiger partial charge on any atom is -0.477 e. The molecule has 0 aliphatic carbocycles. The van der Waals surface area contributed by atoms with Crippen LogP contribution in [0.3, 0.4) is 0 Å². The van der Waals surface area contributed by atoms with E-state index in [0.29, 0.717) is 13.1 Å². The summed E-state index contributed by atoms with van der Waals surface area (Å²) >= 11 is 0. The van der Waals surface area contributed by atoms with Gasteiger partial charge in [0.1, 0.15) is 6.10 Å². The van der Waals surface area contributed by atoms with E-state index in [4.69, 9.17) is 4.74 Å². The molecule has 0 bridgehead atoms. The summed E-state index contributed by atoms with van der Waals surface area (Å²) in [6.45, 7) is 2.91. The van der Waals surface area contributed by atoms with E-state index in [-0.39, 0.29) is 17.9 Å². The van der Waals surface area contributed by atoms with Gasteiger partial charge >= 0.3 is 0 Å². The van der Waals surface area contributed by atoms with Crippen LogP contribution in [0.25, 0.3) is 0 Å². The van der Waals surface area contributed by atoms with Gasteiger partial charge in [-0.2, -0.15) is 0 Å². The van der Waals surface area contributed by atoms with Crippen LogP contribution in [0.4, 0.5) is 8.78 Å². The zero-order valence-electron chi connectivity index (χ0n) is 12.9. The van der Waals surface area contributed by atoms with Gasteiger partial charge in [0, 0.05) is 32.6 Å². The van der Waals surface area contributed by atoms with Crippen LogP contribution < -0.4 is 0 Å². The lowest BCUT2D eigenvalue weighted by Gasteiger charge is -2.34. The van der Waals surface area contributed by atoms with Gasteiger partial charge in [-0.15, -0.1) is 0 Å². The number of carbonyl (C=O) groups is 1. The van der Waals surface area contributed by atoms with Crippen molar-refractivity contribution < 1.29 is 18.3 Å². The lowest BCUT2D eigenvalue weighted by atomic mass is 10.0. The van der Waals surface area contributed by atoms with Crippen molar-refractivity contribution in [2.45, 2.75) is 18.6 Å². The lowest BCUT2D eigenvalue weighted by Crippen LogP contribution is -2.51. The van der Waals surface area contributed by atoms with Crippen LogP contribution in [0.15, 0.2) is 23.2 Å². The van der Waals surface area contributed by atoms with Crippen molar-refractivity contribution in [1.29, 1.82) is 0 Å². The fourth-order valence-corrected chi connectivity index (χ4v) is 2.87. The van der Waals surface area contributed by atoms with Crippen LogP contribution in [-0.4, -0.2) is 67.5 Å². The third kappa shape index (κ3) is 3.34. The first-order chi connectivity index (χ1) is 11.1. The molecule has 1 aromatic carbocycles. The Hall–Kier alpha value is -2.02. The second kappa shape index (κ2) is 6.62. The summed E-state index contributed by atoms with van der Waals surface area (Å²) in [6, 6.07) is 3.32. The van der Waals surface area contributed by atoms with Crippen LogP contribution in [0.1, 0.15) is 5.56 Å². The summed E-state index contributed by atoms with van der Waals surface area (Å²) in [6.07, 6.45) is 0.743. The molecule has 1 amide bonds. The van der Waals surface area contributed by atoms with E-state index in [1.807, 2.05) is 7.05 Å². The van der Waals surface area contributed by atoms with E-state index in [1.165, 1.54) is 18.5 Å². The summed E-state index contributed by atoms with van der Waals surface area (Å²) in [5.41, 5.74) is 0.191. The molecule has 1 aromatic rings. The molecule has 1 saturated heterocycles. The Morgan fingerprint density at radius 2 is 2.04 bits per heavy atom. The quantitative estimate of drug-likeness (QED) is 0.836. The number of ether oxygens (including phenoxy) is 1. The first kappa shape index (κ1) is 15.9. The molecule has 23 heavy (non-hydrogen) atoms. The minimum atomic E-state index is -0.900. The largest absolute Gasteiger partial charge is 0.477 e. The van der Waals surface area contributed by atoms with Crippen LogP contribution in [0.2, 0.25) is 0 Å². The molecule has 2 aliphatic rings. The summed E-state index contributed by atoms with van der Waals surface area (Å²) in [4.78, 5) is 20.6. The number of likely N-dealkylation sites (N-methyl/N-ethyl adjacent to an activating group) is 1. The minimum absolute atomic E-state index is 0.105. The highest BCUT2D eigenvalue weighted by Gasteiger charge is 2.36. The molecule has 0 spiro atoms. The average molecular weight is 323 g/mol. The van der Waals surface area contributed by atoms with Gasteiger partial charge in [-0.3, -0.25) is 4.79 Å². The second-order valence-corrected chi connectivity index (χ2v) is 5.92. The predicted molar refractivity (Wildman–Crippen MR) is 81.3 cm³/mol. The standard InChI is InChI=1S/C16H19F2N3O2/c1-20-5-7-21(8-6-20)16(22)15-13(23-10-19-15)9-11-3-2-4-12(17)14(11)18/h2-4,10,13,15H,5-9H2,1H3. The molecule has 0 aromatic heterocycles. The predicted octanol–water partition coefficient (Wildman–Crippen LogP) is 1.08. The molecule has 2 atom stereocenters. The maximum atomic E-state index is 13.8. The summed E-state index contributed by atoms with van der Waals surface area (Å²) < 4.78 is 32.5. The van der Waals surface area contributed by atoms with E-state index in [2.05, 4.69) is 9.89 Å². The Morgan fingerprint density at radius 3 is 2.78 bits per heavy atom. The summed E-state index contributed by atoms with van der Waals surface area (Å²) in [7, 11) is 2.01. The number of carbonyl (C=O) groups excluding carboxylic acids is 1. The van der Waals surface area contributed by atoms with Crippen LogP contribution in [0, 0.1) is 11.6 Å². The number of nitrogens with zero attached hydrogens (tertiary/aromatic N) is 3. The molecular formula is C16H19F2N3O2. The number of halogens is 2. The van der Waals surface area contributed by atoms with Gasteiger partial charge in [0.2, 0.25) is 0 Å². The van der Waals surface area contributed by atoms with Gasteiger partial charge in [-0.05, 0) is 18.7 Å². The highest BCUT2D eigenvalue weighted by molar-refractivity contribution is 5.85. The average Bonchev–Trinajstić information content (AvgIpc) is 3.00. The van der Waals surface area contributed by atoms with Gasteiger partial charge in [0.05, 0.1) is 0 Å². The number of amides is 1. The van der Waals surface area contributed by atoms with Crippen molar-refractivity contribution in [2.75, 3.05) is 33.2 Å². The van der Waals surface area contributed by atoms with E-state index < -0.39 is 23.8 Å². The molecule has 0 saturated carbocycles. The molecular weight excluding hydrogens is 304 g/mol. The molecule has 3 rings (SSSR count). The third-order valence-corrected chi connectivity index (χ3v) is 4.33. The first-order valence-electron chi connectivity index (χ1n) is 7.63. The third-order valence-electron chi connectivity index (χ3n) is 4.33. The molecule has 5 nitrogen and oxygen atoms in total. The smallest absolute Gasteiger partial charge is 0.251 e. The normalized spacial score (nSPS) is 24.7. The fraction of sp³-hybridized carbons (Fsp3) is 0.500. The number of hydrogen-bond donors (Lipinski definition) is 0. The topological polar surface area (TPSA) is 45.1 Å². The number of benzene rings is 1. The molecule has 2 aliphatic heterocycles. The molecule has 0 N–H and O–H groups in total. The zero-order valence-corrected chi connectivity index (χ0v) is 12.9. The SMILES string of the molecule is CN1CCN(C(=O)C2N=COC2Cc2cccc(F)c2F)CC1. The Labute approximate surface area is 133 Å². The monoisotopic (exact) mass is 323 g/mol. The molecule has 7 heteroatoms. The van der Waals surface area contributed by atoms with Crippen molar-refractivity contribution >= 4 is 12.3 Å². The number of rotatable bonds is 3. The Balaban J connectivity index is 1.68. The maximum absolute atomic E-state index is 13.8. The van der Waals surface area contributed by atoms with Crippen molar-refractivity contribution in [1.82, 2.24) is 9.80 Å². The van der Waals surface area contributed by atoms with E-state index in [0.717, 1.165) is 19.2 Å². The van der Waals surface area contributed by atoms with E-state index in [1.54, 1.807) is 4.90 Å². The highest BCUT2D eigenvalue weighted by Crippen LogP contribution is 2.21. The highest BCUT2D eigenvalue weighted by atomic mass is 19.2. The number of piperazine rings is 1. The maximum Gasteiger partial charge on any atom is 0.251 e. The molecule has 2 heterocycles. The van der Waals surface area contributed by atoms with Crippen molar-refractivity contribution in [3.8, 4) is 0 Å². The van der Waals surface area contributed by atoms with Crippen molar-refractivity contribution in [3.63, 3.8) is 0 Å².